The molecule has 1 aliphatic rings. The minimum Gasteiger partial charge on any atom is -0.313 e. The van der Waals surface area contributed by atoms with Crippen molar-refractivity contribution in [1.29, 1.82) is 0 Å². The molecule has 94 valence electrons. The average molecular weight is 233 g/mol. The van der Waals surface area contributed by atoms with Gasteiger partial charge in [-0.25, -0.2) is 0 Å². The van der Waals surface area contributed by atoms with E-state index in [1.165, 1.54) is 37.9 Å². The number of nitrogens with one attached hydrogen (secondary N) is 1. The van der Waals surface area contributed by atoms with Gasteiger partial charge in [-0.3, -0.25) is 4.98 Å². The summed E-state index contributed by atoms with van der Waals surface area (Å²) in [7, 11) is 2.22. The maximum absolute atomic E-state index is 4.12. The topological polar surface area (TPSA) is 28.2 Å². The molecule has 17 heavy (non-hydrogen) atoms. The molecular weight excluding hydrogens is 210 g/mol. The van der Waals surface area contributed by atoms with E-state index in [9.17, 15) is 0 Å². The van der Waals surface area contributed by atoms with Crippen LogP contribution in [0.4, 0.5) is 0 Å². The Morgan fingerprint density at radius 3 is 2.94 bits per heavy atom. The zero-order chi connectivity index (χ0) is 11.9. The van der Waals surface area contributed by atoms with Crippen LogP contribution in [0.5, 0.6) is 0 Å². The van der Waals surface area contributed by atoms with Gasteiger partial charge in [0.1, 0.15) is 0 Å². The van der Waals surface area contributed by atoms with E-state index in [4.69, 9.17) is 0 Å². The second kappa shape index (κ2) is 6.72. The average Bonchev–Trinajstić information content (AvgIpc) is 2.38. The van der Waals surface area contributed by atoms with Crippen LogP contribution in [-0.4, -0.2) is 36.6 Å². The molecule has 2 rings (SSSR count). The number of pyridine rings is 1. The normalized spacial score (nSPS) is 18.4. The largest absolute Gasteiger partial charge is 0.313 e. The fourth-order valence-electron chi connectivity index (χ4n) is 2.39. The summed E-state index contributed by atoms with van der Waals surface area (Å²) in [5, 5.41) is 3.51. The first-order chi connectivity index (χ1) is 8.34. The zero-order valence-electron chi connectivity index (χ0n) is 10.7. The molecule has 0 bridgehead atoms. The second-order valence-corrected chi connectivity index (χ2v) is 5.07. The minimum absolute atomic E-state index is 0.924. The molecule has 1 aromatic heterocycles. The van der Waals surface area contributed by atoms with Crippen LogP contribution in [0.1, 0.15) is 24.8 Å². The molecule has 1 fully saturated rings. The maximum atomic E-state index is 4.12. The van der Waals surface area contributed by atoms with Crippen molar-refractivity contribution in [3.8, 4) is 0 Å². The van der Waals surface area contributed by atoms with Gasteiger partial charge in [-0.1, -0.05) is 6.07 Å². The number of rotatable bonds is 5. The molecule has 1 aromatic rings. The van der Waals surface area contributed by atoms with Crippen LogP contribution < -0.4 is 5.32 Å². The molecule has 0 atom stereocenters. The lowest BCUT2D eigenvalue weighted by Gasteiger charge is -2.28. The third-order valence-electron chi connectivity index (χ3n) is 3.62. The van der Waals surface area contributed by atoms with Crippen molar-refractivity contribution in [2.45, 2.75) is 25.8 Å². The van der Waals surface area contributed by atoms with Crippen LogP contribution >= 0.6 is 0 Å². The molecule has 3 nitrogen and oxygen atoms in total. The van der Waals surface area contributed by atoms with Gasteiger partial charge < -0.3 is 10.2 Å². The predicted octanol–water partition coefficient (Wildman–Crippen LogP) is 1.90. The van der Waals surface area contributed by atoms with Crippen LogP contribution in [0.2, 0.25) is 0 Å². The smallest absolute Gasteiger partial charge is 0.0312 e. The van der Waals surface area contributed by atoms with Gasteiger partial charge in [-0.05, 0) is 63.5 Å². The summed E-state index contributed by atoms with van der Waals surface area (Å²) in [5.74, 6) is 0.924. The number of aromatic nitrogens is 1. The van der Waals surface area contributed by atoms with Crippen LogP contribution in [-0.2, 0) is 6.54 Å². The van der Waals surface area contributed by atoms with E-state index in [1.807, 2.05) is 18.5 Å². The van der Waals surface area contributed by atoms with Crippen molar-refractivity contribution in [3.63, 3.8) is 0 Å². The van der Waals surface area contributed by atoms with E-state index in [0.717, 1.165) is 19.0 Å². The summed E-state index contributed by atoms with van der Waals surface area (Å²) < 4.78 is 0. The lowest BCUT2D eigenvalue weighted by molar-refractivity contribution is 0.211. The molecule has 0 aliphatic carbocycles. The third-order valence-corrected chi connectivity index (χ3v) is 3.62. The highest BCUT2D eigenvalue weighted by molar-refractivity contribution is 5.07. The third kappa shape index (κ3) is 4.44. The molecule has 0 amide bonds. The number of piperidine rings is 1. The Balaban J connectivity index is 1.57. The first-order valence-electron chi connectivity index (χ1n) is 6.63. The number of hydrogen-bond donors (Lipinski definition) is 1. The van der Waals surface area contributed by atoms with E-state index in [0.29, 0.717) is 0 Å². The van der Waals surface area contributed by atoms with Crippen molar-refractivity contribution in [3.05, 3.63) is 30.1 Å². The SMILES string of the molecule is CN1CCC(CCNCc2cccnc2)CC1. The molecule has 3 heteroatoms. The number of hydrogen-bond acceptors (Lipinski definition) is 3. The van der Waals surface area contributed by atoms with Crippen molar-refractivity contribution in [2.24, 2.45) is 5.92 Å². The fraction of sp³-hybridized carbons (Fsp3) is 0.643. The van der Waals surface area contributed by atoms with Gasteiger partial charge in [0, 0.05) is 18.9 Å². The van der Waals surface area contributed by atoms with E-state index >= 15 is 0 Å². The molecule has 0 radical (unpaired) electrons. The van der Waals surface area contributed by atoms with Gasteiger partial charge in [0.2, 0.25) is 0 Å². The molecule has 1 aliphatic heterocycles. The highest BCUT2D eigenvalue weighted by Crippen LogP contribution is 2.18. The van der Waals surface area contributed by atoms with E-state index in [2.05, 4.69) is 28.3 Å². The summed E-state index contributed by atoms with van der Waals surface area (Å²) in [6.45, 7) is 4.62. The van der Waals surface area contributed by atoms with E-state index < -0.39 is 0 Å². The van der Waals surface area contributed by atoms with E-state index in [1.54, 1.807) is 0 Å². The monoisotopic (exact) mass is 233 g/mol. The second-order valence-electron chi connectivity index (χ2n) is 5.07. The molecular formula is C14H23N3. The van der Waals surface area contributed by atoms with Gasteiger partial charge in [0.05, 0.1) is 0 Å². The number of likely N-dealkylation sites (tertiary alicyclic amines) is 1. The minimum atomic E-state index is 0.924. The summed E-state index contributed by atoms with van der Waals surface area (Å²) in [6, 6.07) is 4.11. The van der Waals surface area contributed by atoms with Crippen LogP contribution in [0.3, 0.4) is 0 Å². The molecule has 0 spiro atoms. The van der Waals surface area contributed by atoms with Crippen molar-refractivity contribution in [2.75, 3.05) is 26.7 Å². The van der Waals surface area contributed by atoms with Gasteiger partial charge in [0.15, 0.2) is 0 Å². The number of nitrogens with zero attached hydrogens (tertiary/aromatic N) is 2. The maximum Gasteiger partial charge on any atom is 0.0312 e. The highest BCUT2D eigenvalue weighted by Gasteiger charge is 2.15. The van der Waals surface area contributed by atoms with Crippen LogP contribution in [0.15, 0.2) is 24.5 Å². The lowest BCUT2D eigenvalue weighted by Crippen LogP contribution is -2.31. The van der Waals surface area contributed by atoms with Gasteiger partial charge in [-0.2, -0.15) is 0 Å². The van der Waals surface area contributed by atoms with Crippen LogP contribution in [0.25, 0.3) is 0 Å². The lowest BCUT2D eigenvalue weighted by atomic mass is 9.94. The van der Waals surface area contributed by atoms with Crippen molar-refractivity contribution in [1.82, 2.24) is 15.2 Å². The molecule has 1 saturated heterocycles. The quantitative estimate of drug-likeness (QED) is 0.787. The highest BCUT2D eigenvalue weighted by atomic mass is 15.1. The van der Waals surface area contributed by atoms with Gasteiger partial charge in [0.25, 0.3) is 0 Å². The zero-order valence-corrected chi connectivity index (χ0v) is 10.7. The van der Waals surface area contributed by atoms with Gasteiger partial charge in [-0.15, -0.1) is 0 Å². The Morgan fingerprint density at radius 1 is 1.41 bits per heavy atom. The molecule has 0 aromatic carbocycles. The standard InChI is InChI=1S/C14H23N3/c1-17-9-5-13(6-10-17)4-8-16-12-14-3-2-7-15-11-14/h2-3,7,11,13,16H,4-6,8-10,12H2,1H3. The molecule has 1 N–H and O–H groups in total. The summed E-state index contributed by atoms with van der Waals surface area (Å²) in [4.78, 5) is 6.55. The van der Waals surface area contributed by atoms with E-state index in [-0.39, 0.29) is 0 Å². The fourth-order valence-corrected chi connectivity index (χ4v) is 2.39. The first kappa shape index (κ1) is 12.5. The Bertz CT molecular complexity index is 305. The summed E-state index contributed by atoms with van der Waals surface area (Å²) >= 11 is 0. The molecule has 2 heterocycles. The van der Waals surface area contributed by atoms with Crippen molar-refractivity contribution < 1.29 is 0 Å². The Hall–Kier alpha value is -0.930. The summed E-state index contributed by atoms with van der Waals surface area (Å²) in [5.41, 5.74) is 1.27. The van der Waals surface area contributed by atoms with Gasteiger partial charge >= 0.3 is 0 Å². The Morgan fingerprint density at radius 2 is 2.24 bits per heavy atom. The predicted molar refractivity (Wildman–Crippen MR) is 70.8 cm³/mol. The molecule has 0 unspecified atom stereocenters. The van der Waals surface area contributed by atoms with Crippen molar-refractivity contribution >= 4 is 0 Å². The molecule has 0 saturated carbocycles. The Kier molecular flexibility index (Phi) is 4.95. The Labute approximate surface area is 104 Å². The van der Waals surface area contributed by atoms with Crippen LogP contribution in [0, 0.1) is 5.92 Å². The summed E-state index contributed by atoms with van der Waals surface area (Å²) in [6.07, 6.45) is 7.80. The first-order valence-corrected chi connectivity index (χ1v) is 6.63.